The molecule has 104 valence electrons. The standard InChI is InChI=1S/C14H13FN2O3/c15-11-3-6-14(17(19)20)13(9-11)16-8-7-10-1-4-12(18)5-2-10/h1-6,9,16,18H,7-8H2. The maximum Gasteiger partial charge on any atom is 0.292 e. The van der Waals surface area contributed by atoms with Crippen LogP contribution in [0.15, 0.2) is 42.5 Å². The van der Waals surface area contributed by atoms with Gasteiger partial charge in [-0.05, 0) is 30.2 Å². The molecule has 2 aromatic carbocycles. The summed E-state index contributed by atoms with van der Waals surface area (Å²) >= 11 is 0. The number of nitro benzene ring substituents is 1. The van der Waals surface area contributed by atoms with Gasteiger partial charge in [-0.15, -0.1) is 0 Å². The van der Waals surface area contributed by atoms with Gasteiger partial charge in [0.05, 0.1) is 4.92 Å². The summed E-state index contributed by atoms with van der Waals surface area (Å²) in [6, 6.07) is 9.96. The molecule has 0 aliphatic rings. The van der Waals surface area contributed by atoms with Crippen molar-refractivity contribution in [3.8, 4) is 5.75 Å². The number of halogens is 1. The van der Waals surface area contributed by atoms with Crippen LogP contribution < -0.4 is 5.32 Å². The minimum atomic E-state index is -0.553. The first-order chi connectivity index (χ1) is 9.56. The molecule has 2 aromatic rings. The molecule has 2 rings (SSSR count). The molecule has 0 saturated heterocycles. The molecule has 0 aliphatic carbocycles. The minimum Gasteiger partial charge on any atom is -0.508 e. The van der Waals surface area contributed by atoms with Gasteiger partial charge in [-0.3, -0.25) is 10.1 Å². The average Bonchev–Trinajstić information content (AvgIpc) is 2.41. The number of aromatic hydroxyl groups is 1. The highest BCUT2D eigenvalue weighted by Crippen LogP contribution is 2.24. The number of hydrogen-bond donors (Lipinski definition) is 2. The normalized spacial score (nSPS) is 10.2. The van der Waals surface area contributed by atoms with Crippen molar-refractivity contribution in [2.24, 2.45) is 0 Å². The molecule has 0 unspecified atom stereocenters. The Kier molecular flexibility index (Phi) is 4.14. The highest BCUT2D eigenvalue weighted by atomic mass is 19.1. The molecule has 0 bridgehead atoms. The zero-order valence-electron chi connectivity index (χ0n) is 10.5. The Bertz CT molecular complexity index is 614. The topological polar surface area (TPSA) is 75.4 Å². The van der Waals surface area contributed by atoms with E-state index in [1.807, 2.05) is 0 Å². The van der Waals surface area contributed by atoms with E-state index in [0.717, 1.165) is 23.8 Å². The summed E-state index contributed by atoms with van der Waals surface area (Å²) < 4.78 is 13.1. The number of phenolic OH excluding ortho intramolecular Hbond substituents is 1. The van der Waals surface area contributed by atoms with Gasteiger partial charge in [0.1, 0.15) is 17.3 Å². The molecule has 0 fully saturated rings. The molecule has 0 atom stereocenters. The van der Waals surface area contributed by atoms with Crippen LogP contribution >= 0.6 is 0 Å². The number of anilines is 1. The van der Waals surface area contributed by atoms with Crippen molar-refractivity contribution in [1.29, 1.82) is 0 Å². The second-order valence-electron chi connectivity index (χ2n) is 4.26. The third-order valence-electron chi connectivity index (χ3n) is 2.82. The van der Waals surface area contributed by atoms with Crippen molar-refractivity contribution in [2.45, 2.75) is 6.42 Å². The van der Waals surface area contributed by atoms with Gasteiger partial charge in [-0.2, -0.15) is 0 Å². The van der Waals surface area contributed by atoms with Gasteiger partial charge in [-0.25, -0.2) is 4.39 Å². The lowest BCUT2D eigenvalue weighted by Gasteiger charge is -2.07. The van der Waals surface area contributed by atoms with E-state index in [2.05, 4.69) is 5.32 Å². The fourth-order valence-electron chi connectivity index (χ4n) is 1.81. The molecule has 0 radical (unpaired) electrons. The van der Waals surface area contributed by atoms with Crippen LogP contribution in [0, 0.1) is 15.9 Å². The molecule has 0 amide bonds. The van der Waals surface area contributed by atoms with Gasteiger partial charge in [-0.1, -0.05) is 12.1 Å². The van der Waals surface area contributed by atoms with Crippen LogP contribution in [0.2, 0.25) is 0 Å². The third-order valence-corrected chi connectivity index (χ3v) is 2.82. The van der Waals surface area contributed by atoms with E-state index >= 15 is 0 Å². The van der Waals surface area contributed by atoms with E-state index in [1.165, 1.54) is 0 Å². The summed E-state index contributed by atoms with van der Waals surface area (Å²) in [7, 11) is 0. The van der Waals surface area contributed by atoms with Gasteiger partial charge in [0.25, 0.3) is 5.69 Å². The van der Waals surface area contributed by atoms with Crippen LogP contribution in [0.3, 0.4) is 0 Å². The van der Waals surface area contributed by atoms with Crippen molar-refractivity contribution in [3.05, 3.63) is 64.0 Å². The summed E-state index contributed by atoms with van der Waals surface area (Å²) in [6.45, 7) is 0.426. The lowest BCUT2D eigenvalue weighted by molar-refractivity contribution is -0.384. The highest BCUT2D eigenvalue weighted by Gasteiger charge is 2.13. The Morgan fingerprint density at radius 2 is 1.90 bits per heavy atom. The fourth-order valence-corrected chi connectivity index (χ4v) is 1.81. The van der Waals surface area contributed by atoms with Gasteiger partial charge >= 0.3 is 0 Å². The van der Waals surface area contributed by atoms with Crippen LogP contribution in [0.25, 0.3) is 0 Å². The number of nitrogens with zero attached hydrogens (tertiary/aromatic N) is 1. The molecule has 5 nitrogen and oxygen atoms in total. The van der Waals surface area contributed by atoms with Gasteiger partial charge < -0.3 is 10.4 Å². The Morgan fingerprint density at radius 3 is 2.55 bits per heavy atom. The van der Waals surface area contributed by atoms with Gasteiger partial charge in [0.15, 0.2) is 0 Å². The predicted molar refractivity (Wildman–Crippen MR) is 73.4 cm³/mol. The molecule has 0 saturated carbocycles. The van der Waals surface area contributed by atoms with Crippen LogP contribution in [-0.4, -0.2) is 16.6 Å². The number of rotatable bonds is 5. The van der Waals surface area contributed by atoms with Crippen LogP contribution in [0.5, 0.6) is 5.75 Å². The van der Waals surface area contributed by atoms with E-state index in [0.29, 0.717) is 13.0 Å². The van der Waals surface area contributed by atoms with Gasteiger partial charge in [0.2, 0.25) is 0 Å². The van der Waals surface area contributed by atoms with Crippen molar-refractivity contribution in [1.82, 2.24) is 0 Å². The zero-order chi connectivity index (χ0) is 14.5. The van der Waals surface area contributed by atoms with Gasteiger partial charge in [0, 0.05) is 18.7 Å². The first-order valence-electron chi connectivity index (χ1n) is 6.02. The Balaban J connectivity index is 2.02. The molecule has 0 aliphatic heterocycles. The molecule has 2 N–H and O–H groups in total. The molecule has 0 heterocycles. The van der Waals surface area contributed by atoms with Crippen molar-refractivity contribution in [3.63, 3.8) is 0 Å². The number of hydrogen-bond acceptors (Lipinski definition) is 4. The van der Waals surface area contributed by atoms with E-state index < -0.39 is 10.7 Å². The lowest BCUT2D eigenvalue weighted by Crippen LogP contribution is -2.07. The lowest BCUT2D eigenvalue weighted by atomic mass is 10.1. The maximum atomic E-state index is 13.1. The summed E-state index contributed by atoms with van der Waals surface area (Å²) in [6.07, 6.45) is 0.605. The predicted octanol–water partition coefficient (Wildman–Crippen LogP) is 3.09. The Morgan fingerprint density at radius 1 is 1.20 bits per heavy atom. The molecule has 0 spiro atoms. The zero-order valence-corrected chi connectivity index (χ0v) is 10.5. The number of benzene rings is 2. The second-order valence-corrected chi connectivity index (χ2v) is 4.26. The first-order valence-corrected chi connectivity index (χ1v) is 6.02. The maximum absolute atomic E-state index is 13.1. The molecular weight excluding hydrogens is 263 g/mol. The third kappa shape index (κ3) is 3.44. The smallest absolute Gasteiger partial charge is 0.292 e. The molecule has 20 heavy (non-hydrogen) atoms. The number of phenols is 1. The SMILES string of the molecule is O=[N+]([O-])c1ccc(F)cc1NCCc1ccc(O)cc1. The van der Waals surface area contributed by atoms with Crippen molar-refractivity contribution < 1.29 is 14.4 Å². The van der Waals surface area contributed by atoms with Crippen LogP contribution in [-0.2, 0) is 6.42 Å². The van der Waals surface area contributed by atoms with Crippen LogP contribution in [0.1, 0.15) is 5.56 Å². The summed E-state index contributed by atoms with van der Waals surface area (Å²) in [4.78, 5) is 10.3. The first kappa shape index (κ1) is 13.8. The largest absolute Gasteiger partial charge is 0.508 e. The van der Waals surface area contributed by atoms with Crippen molar-refractivity contribution >= 4 is 11.4 Å². The minimum absolute atomic E-state index is 0.155. The monoisotopic (exact) mass is 276 g/mol. The second kappa shape index (κ2) is 6.01. The van der Waals surface area contributed by atoms with E-state index in [4.69, 9.17) is 5.11 Å². The van der Waals surface area contributed by atoms with E-state index in [-0.39, 0.29) is 17.1 Å². The van der Waals surface area contributed by atoms with Crippen LogP contribution in [0.4, 0.5) is 15.8 Å². The summed E-state index contributed by atoms with van der Waals surface area (Å²) in [5.74, 6) is -0.342. The molecule has 0 aromatic heterocycles. The summed E-state index contributed by atoms with van der Waals surface area (Å²) in [5, 5.41) is 22.8. The quantitative estimate of drug-likeness (QED) is 0.650. The molecule has 6 heteroatoms. The average molecular weight is 276 g/mol. The van der Waals surface area contributed by atoms with E-state index in [1.54, 1.807) is 24.3 Å². The number of nitro groups is 1. The molecular formula is C14H13FN2O3. The number of nitrogens with one attached hydrogen (secondary N) is 1. The fraction of sp³-hybridized carbons (Fsp3) is 0.143. The highest BCUT2D eigenvalue weighted by molar-refractivity contribution is 5.61. The van der Waals surface area contributed by atoms with E-state index in [9.17, 15) is 14.5 Å². The van der Waals surface area contributed by atoms with Crippen molar-refractivity contribution in [2.75, 3.05) is 11.9 Å². The Hall–Kier alpha value is -2.63. The Labute approximate surface area is 114 Å². The summed E-state index contributed by atoms with van der Waals surface area (Å²) in [5.41, 5.74) is 0.972.